The van der Waals surface area contributed by atoms with Crippen LogP contribution in [0.15, 0.2) is 41.4 Å². The maximum atomic E-state index is 12.7. The Labute approximate surface area is 185 Å². The predicted octanol–water partition coefficient (Wildman–Crippen LogP) is 5.58. The van der Waals surface area contributed by atoms with Crippen LogP contribution >= 0.6 is 15.9 Å². The van der Waals surface area contributed by atoms with Crippen molar-refractivity contribution in [2.45, 2.75) is 69.9 Å². The number of ether oxygens (including phenoxy) is 1. The number of carbonyl (C=O) groups excluding carboxylic acids is 1. The van der Waals surface area contributed by atoms with Crippen molar-refractivity contribution >= 4 is 21.8 Å². The van der Waals surface area contributed by atoms with Crippen molar-refractivity contribution in [3.05, 3.63) is 47.0 Å². The van der Waals surface area contributed by atoms with Crippen molar-refractivity contribution in [1.82, 2.24) is 10.2 Å². The number of rotatable bonds is 13. The maximum absolute atomic E-state index is 12.7. The molecule has 1 fully saturated rings. The van der Waals surface area contributed by atoms with E-state index in [1.165, 1.54) is 19.3 Å². The molecule has 5 heteroatoms. The summed E-state index contributed by atoms with van der Waals surface area (Å²) in [4.78, 5) is 14.6. The first kappa shape index (κ1) is 24.1. The molecular weight excluding hydrogens is 428 g/mol. The molecule has 1 aliphatic carbocycles. The van der Waals surface area contributed by atoms with Gasteiger partial charge in [0.05, 0.1) is 6.10 Å². The molecule has 1 aliphatic rings. The van der Waals surface area contributed by atoms with Crippen LogP contribution < -0.4 is 5.32 Å². The van der Waals surface area contributed by atoms with Crippen LogP contribution in [0.1, 0.15) is 68.1 Å². The molecule has 1 aromatic carbocycles. The van der Waals surface area contributed by atoms with E-state index in [1.54, 1.807) is 0 Å². The van der Waals surface area contributed by atoms with Crippen LogP contribution in [0.4, 0.5) is 0 Å². The van der Waals surface area contributed by atoms with Crippen molar-refractivity contribution in [2.24, 2.45) is 0 Å². The number of unbranched alkanes of at least 4 members (excludes halogenated alkanes) is 3. The molecule has 0 aliphatic heterocycles. The molecule has 4 nitrogen and oxygen atoms in total. The minimum atomic E-state index is 0.112. The summed E-state index contributed by atoms with van der Waals surface area (Å²) in [5.74, 6) is 0.112. The zero-order valence-electron chi connectivity index (χ0n) is 17.9. The fraction of sp³-hybridized carbons (Fsp3) is 0.625. The van der Waals surface area contributed by atoms with Crippen LogP contribution in [-0.2, 0) is 4.74 Å². The topological polar surface area (TPSA) is 41.6 Å². The lowest BCUT2D eigenvalue weighted by molar-refractivity contribution is 0.00911. The molecule has 2 rings (SSSR count). The predicted molar refractivity (Wildman–Crippen MR) is 124 cm³/mol. The number of benzene rings is 1. The third-order valence-corrected chi connectivity index (χ3v) is 6.26. The smallest absolute Gasteiger partial charge is 0.253 e. The summed E-state index contributed by atoms with van der Waals surface area (Å²) < 4.78 is 7.09. The Morgan fingerprint density at radius 3 is 2.52 bits per heavy atom. The standard InChI is InChI=1S/C24H37BrN2O2/c1-3-4-17-26-18-7-5-6-8-19-29-23-15-13-22(14-16-23)27(2)24(28)20-9-11-21(25)12-10-20/h3,9-12,22-23,26H,1,4-8,13-19H2,2H3/t22-,23-. The highest BCUT2D eigenvalue weighted by Gasteiger charge is 2.27. The van der Waals surface area contributed by atoms with Gasteiger partial charge in [-0.15, -0.1) is 6.58 Å². The van der Waals surface area contributed by atoms with E-state index >= 15 is 0 Å². The van der Waals surface area contributed by atoms with E-state index < -0.39 is 0 Å². The lowest BCUT2D eigenvalue weighted by Gasteiger charge is -2.34. The lowest BCUT2D eigenvalue weighted by Crippen LogP contribution is -2.40. The average molecular weight is 465 g/mol. The molecule has 0 atom stereocenters. The molecule has 1 N–H and O–H groups in total. The lowest BCUT2D eigenvalue weighted by atomic mass is 9.91. The first-order valence-corrected chi connectivity index (χ1v) is 11.9. The van der Waals surface area contributed by atoms with Crippen molar-refractivity contribution in [2.75, 3.05) is 26.7 Å². The monoisotopic (exact) mass is 464 g/mol. The third-order valence-electron chi connectivity index (χ3n) is 5.73. The Morgan fingerprint density at radius 2 is 1.83 bits per heavy atom. The van der Waals surface area contributed by atoms with Gasteiger partial charge in [-0.2, -0.15) is 0 Å². The molecule has 1 saturated carbocycles. The molecule has 29 heavy (non-hydrogen) atoms. The van der Waals surface area contributed by atoms with Gasteiger partial charge in [-0.05, 0) is 82.3 Å². The van der Waals surface area contributed by atoms with E-state index in [2.05, 4.69) is 27.8 Å². The van der Waals surface area contributed by atoms with Crippen LogP contribution in [0.2, 0.25) is 0 Å². The number of halogens is 1. The van der Waals surface area contributed by atoms with Crippen molar-refractivity contribution in [3.63, 3.8) is 0 Å². The third kappa shape index (κ3) is 9.02. The number of nitrogens with zero attached hydrogens (tertiary/aromatic N) is 1. The summed E-state index contributed by atoms with van der Waals surface area (Å²) in [6.45, 7) is 6.74. The molecule has 0 heterocycles. The van der Waals surface area contributed by atoms with Crippen LogP contribution in [0.3, 0.4) is 0 Å². The highest BCUT2D eigenvalue weighted by Crippen LogP contribution is 2.26. The molecule has 1 aromatic rings. The summed E-state index contributed by atoms with van der Waals surface area (Å²) >= 11 is 3.42. The minimum absolute atomic E-state index is 0.112. The van der Waals surface area contributed by atoms with E-state index in [0.29, 0.717) is 12.1 Å². The Bertz CT molecular complexity index is 597. The van der Waals surface area contributed by atoms with Gasteiger partial charge >= 0.3 is 0 Å². The summed E-state index contributed by atoms with van der Waals surface area (Å²) in [5, 5.41) is 3.43. The van der Waals surface area contributed by atoms with Crippen molar-refractivity contribution in [1.29, 1.82) is 0 Å². The zero-order chi connectivity index (χ0) is 20.9. The molecule has 162 valence electrons. The molecule has 0 unspecified atom stereocenters. The number of hydrogen-bond acceptors (Lipinski definition) is 3. The maximum Gasteiger partial charge on any atom is 0.253 e. The molecule has 0 aromatic heterocycles. The van der Waals surface area contributed by atoms with Gasteiger partial charge in [0.25, 0.3) is 5.91 Å². The van der Waals surface area contributed by atoms with Gasteiger partial charge in [0.2, 0.25) is 0 Å². The van der Waals surface area contributed by atoms with E-state index in [4.69, 9.17) is 4.74 Å². The van der Waals surface area contributed by atoms with Gasteiger partial charge < -0.3 is 15.0 Å². The van der Waals surface area contributed by atoms with Crippen LogP contribution in [0.25, 0.3) is 0 Å². The van der Waals surface area contributed by atoms with E-state index in [-0.39, 0.29) is 5.91 Å². The molecule has 0 spiro atoms. The van der Waals surface area contributed by atoms with Crippen molar-refractivity contribution < 1.29 is 9.53 Å². The van der Waals surface area contributed by atoms with Gasteiger partial charge in [-0.1, -0.05) is 34.8 Å². The zero-order valence-corrected chi connectivity index (χ0v) is 19.5. The second kappa shape index (κ2) is 13.9. The van der Waals surface area contributed by atoms with Gasteiger partial charge in [0, 0.05) is 29.7 Å². The van der Waals surface area contributed by atoms with E-state index in [1.807, 2.05) is 42.3 Å². The van der Waals surface area contributed by atoms with E-state index in [0.717, 1.165) is 68.3 Å². The molecule has 1 amide bonds. The number of amides is 1. The highest BCUT2D eigenvalue weighted by atomic mass is 79.9. The fourth-order valence-corrected chi connectivity index (χ4v) is 4.11. The quantitative estimate of drug-likeness (QED) is 0.306. The number of carbonyl (C=O) groups is 1. The van der Waals surface area contributed by atoms with Crippen molar-refractivity contribution in [3.8, 4) is 0 Å². The molecule has 0 radical (unpaired) electrons. The van der Waals surface area contributed by atoms with Gasteiger partial charge in [-0.25, -0.2) is 0 Å². The molecular formula is C24H37BrN2O2. The summed E-state index contributed by atoms with van der Waals surface area (Å²) in [5.41, 5.74) is 0.755. The Balaban J connectivity index is 1.54. The van der Waals surface area contributed by atoms with Gasteiger partial charge in [0.1, 0.15) is 0 Å². The summed E-state index contributed by atoms with van der Waals surface area (Å²) in [7, 11) is 1.93. The molecule has 0 saturated heterocycles. The first-order valence-electron chi connectivity index (χ1n) is 11.1. The Kier molecular flexibility index (Phi) is 11.6. The average Bonchev–Trinajstić information content (AvgIpc) is 2.75. The first-order chi connectivity index (χ1) is 14.1. The second-order valence-electron chi connectivity index (χ2n) is 7.97. The van der Waals surface area contributed by atoms with Gasteiger partial charge in [-0.3, -0.25) is 4.79 Å². The normalized spacial score (nSPS) is 19.1. The number of nitrogens with one attached hydrogen (secondary N) is 1. The second-order valence-corrected chi connectivity index (χ2v) is 8.88. The highest BCUT2D eigenvalue weighted by molar-refractivity contribution is 9.10. The molecule has 0 bridgehead atoms. The summed E-state index contributed by atoms with van der Waals surface area (Å²) in [6.07, 6.45) is 12.4. The summed E-state index contributed by atoms with van der Waals surface area (Å²) in [6, 6.07) is 7.93. The fourth-order valence-electron chi connectivity index (χ4n) is 3.85. The van der Waals surface area contributed by atoms with Crippen LogP contribution in [0.5, 0.6) is 0 Å². The van der Waals surface area contributed by atoms with Crippen LogP contribution in [0, 0.1) is 0 Å². The van der Waals surface area contributed by atoms with Crippen LogP contribution in [-0.4, -0.2) is 49.7 Å². The Hall–Kier alpha value is -1.17. The SMILES string of the molecule is C=CCCNCCCCCCO[C@H]1CC[C@H](N(C)C(=O)c2ccc(Br)cc2)CC1. The largest absolute Gasteiger partial charge is 0.378 e. The van der Waals surface area contributed by atoms with Gasteiger partial charge in [0.15, 0.2) is 0 Å². The number of hydrogen-bond donors (Lipinski definition) is 1. The Morgan fingerprint density at radius 1 is 1.14 bits per heavy atom. The minimum Gasteiger partial charge on any atom is -0.378 e. The van der Waals surface area contributed by atoms with E-state index in [9.17, 15) is 4.79 Å².